The first kappa shape index (κ1) is 25.3. The molecule has 2 aromatic rings. The molecule has 0 aliphatic carbocycles. The number of sulfonamides is 1. The summed E-state index contributed by atoms with van der Waals surface area (Å²) in [6.07, 6.45) is -0.489. The van der Waals surface area contributed by atoms with E-state index in [1.165, 1.54) is 22.5 Å². The van der Waals surface area contributed by atoms with Crippen LogP contribution < -0.4 is 9.47 Å². The summed E-state index contributed by atoms with van der Waals surface area (Å²) in [5.74, 6) is 0.691. The highest BCUT2D eigenvalue weighted by Crippen LogP contribution is 2.28. The molecule has 2 atom stereocenters. The van der Waals surface area contributed by atoms with Crippen molar-refractivity contribution in [2.75, 3.05) is 32.9 Å². The summed E-state index contributed by atoms with van der Waals surface area (Å²) in [4.78, 5) is 12.3. The largest absolute Gasteiger partial charge is 0.494 e. The highest BCUT2D eigenvalue weighted by atomic mass is 35.5. The SMILES string of the molecule is CCOc1ccc(OCCOC(=O)c2ccc(Cl)c(S(=O)(=O)N3C[C@H](C)O[C@@H](C)C3)c2)cc1. The summed E-state index contributed by atoms with van der Waals surface area (Å²) in [5.41, 5.74) is 0.0911. The minimum Gasteiger partial charge on any atom is -0.494 e. The van der Waals surface area contributed by atoms with E-state index < -0.39 is 16.0 Å². The standard InChI is InChI=1S/C23H28ClNO7S/c1-4-29-19-6-8-20(9-7-19)30-11-12-31-23(26)18-5-10-21(24)22(13-18)33(27,28)25-14-16(2)32-17(3)15-25/h5-10,13,16-17H,4,11-12,14-15H2,1-3H3/t16-,17-/m0/s1. The van der Waals surface area contributed by atoms with Crippen molar-refractivity contribution < 1.29 is 32.2 Å². The van der Waals surface area contributed by atoms with Crippen molar-refractivity contribution in [1.82, 2.24) is 4.31 Å². The third-order valence-electron chi connectivity index (χ3n) is 4.89. The van der Waals surface area contributed by atoms with Crippen molar-refractivity contribution in [3.05, 3.63) is 53.1 Å². The predicted molar refractivity (Wildman–Crippen MR) is 124 cm³/mol. The maximum atomic E-state index is 13.2. The molecule has 0 unspecified atom stereocenters. The smallest absolute Gasteiger partial charge is 0.338 e. The van der Waals surface area contributed by atoms with E-state index in [1.54, 1.807) is 24.3 Å². The van der Waals surface area contributed by atoms with Crippen LogP contribution in [0.2, 0.25) is 5.02 Å². The molecule has 0 N–H and O–H groups in total. The normalized spacial score (nSPS) is 19.2. The predicted octanol–water partition coefficient (Wildman–Crippen LogP) is 3.77. The number of halogens is 1. The number of morpholine rings is 1. The van der Waals surface area contributed by atoms with Crippen LogP contribution in [0.25, 0.3) is 0 Å². The Morgan fingerprint density at radius 3 is 2.24 bits per heavy atom. The average Bonchev–Trinajstić information content (AvgIpc) is 2.77. The molecule has 0 saturated carbocycles. The number of hydrogen-bond acceptors (Lipinski definition) is 7. The second-order valence-electron chi connectivity index (χ2n) is 7.61. The van der Waals surface area contributed by atoms with Gasteiger partial charge in [0.1, 0.15) is 29.6 Å². The van der Waals surface area contributed by atoms with Crippen molar-refractivity contribution in [2.24, 2.45) is 0 Å². The van der Waals surface area contributed by atoms with Crippen LogP contribution in [0.3, 0.4) is 0 Å². The maximum absolute atomic E-state index is 13.2. The first-order valence-electron chi connectivity index (χ1n) is 10.7. The lowest BCUT2D eigenvalue weighted by atomic mass is 10.2. The maximum Gasteiger partial charge on any atom is 0.338 e. The van der Waals surface area contributed by atoms with Crippen LogP contribution in [0.15, 0.2) is 47.4 Å². The van der Waals surface area contributed by atoms with Crippen LogP contribution >= 0.6 is 11.6 Å². The van der Waals surface area contributed by atoms with Crippen molar-refractivity contribution in [1.29, 1.82) is 0 Å². The molecule has 8 nitrogen and oxygen atoms in total. The van der Waals surface area contributed by atoms with Gasteiger partial charge in [0, 0.05) is 13.1 Å². The lowest BCUT2D eigenvalue weighted by Crippen LogP contribution is -2.48. The summed E-state index contributed by atoms with van der Waals surface area (Å²) in [5, 5.41) is 0.0391. The number of rotatable bonds is 9. The van der Waals surface area contributed by atoms with Gasteiger partial charge in [-0.3, -0.25) is 0 Å². The first-order valence-corrected chi connectivity index (χ1v) is 12.5. The molecule has 2 aromatic carbocycles. The average molecular weight is 498 g/mol. The van der Waals surface area contributed by atoms with Gasteiger partial charge >= 0.3 is 5.97 Å². The van der Waals surface area contributed by atoms with Crippen molar-refractivity contribution >= 4 is 27.6 Å². The van der Waals surface area contributed by atoms with Gasteiger partial charge in [0.25, 0.3) is 0 Å². The Labute approximate surface area is 199 Å². The topological polar surface area (TPSA) is 91.4 Å². The lowest BCUT2D eigenvalue weighted by Gasteiger charge is -2.34. The van der Waals surface area contributed by atoms with Crippen LogP contribution in [0.5, 0.6) is 11.5 Å². The number of ether oxygens (including phenoxy) is 4. The van der Waals surface area contributed by atoms with E-state index in [0.717, 1.165) is 5.75 Å². The number of esters is 1. The van der Waals surface area contributed by atoms with Crippen molar-refractivity contribution in [2.45, 2.75) is 37.9 Å². The fourth-order valence-corrected chi connectivity index (χ4v) is 5.56. The van der Waals surface area contributed by atoms with Gasteiger partial charge in [-0.15, -0.1) is 0 Å². The molecular formula is C23H28ClNO7S. The quantitative estimate of drug-likeness (QED) is 0.384. The zero-order chi connectivity index (χ0) is 24.0. The minimum atomic E-state index is -3.90. The molecule has 1 fully saturated rings. The second kappa shape index (κ2) is 11.2. The zero-order valence-electron chi connectivity index (χ0n) is 18.8. The highest BCUT2D eigenvalue weighted by Gasteiger charge is 2.34. The second-order valence-corrected chi connectivity index (χ2v) is 9.93. The number of nitrogens with zero attached hydrogens (tertiary/aromatic N) is 1. The van der Waals surface area contributed by atoms with Crippen LogP contribution in [0, 0.1) is 0 Å². The third kappa shape index (κ3) is 6.60. The van der Waals surface area contributed by atoms with E-state index in [0.29, 0.717) is 12.4 Å². The van der Waals surface area contributed by atoms with E-state index in [-0.39, 0.29) is 54.0 Å². The number of hydrogen-bond donors (Lipinski definition) is 0. The number of benzene rings is 2. The van der Waals surface area contributed by atoms with E-state index in [2.05, 4.69) is 0 Å². The molecule has 0 bridgehead atoms. The molecule has 0 amide bonds. The van der Waals surface area contributed by atoms with Gasteiger partial charge in [0.05, 0.1) is 29.4 Å². The lowest BCUT2D eigenvalue weighted by molar-refractivity contribution is -0.0440. The molecule has 0 spiro atoms. The van der Waals surface area contributed by atoms with Gasteiger partial charge in [-0.25, -0.2) is 13.2 Å². The molecule has 3 rings (SSSR count). The Morgan fingerprint density at radius 2 is 1.64 bits per heavy atom. The van der Waals surface area contributed by atoms with Gasteiger partial charge in [0.2, 0.25) is 10.0 Å². The molecule has 0 radical (unpaired) electrons. The summed E-state index contributed by atoms with van der Waals surface area (Å²) in [7, 11) is -3.90. The Hall–Kier alpha value is -2.33. The molecular weight excluding hydrogens is 470 g/mol. The number of carbonyl (C=O) groups excluding carboxylic acids is 1. The van der Waals surface area contributed by atoms with Crippen LogP contribution in [0.4, 0.5) is 0 Å². The minimum absolute atomic E-state index is 0.00471. The summed E-state index contributed by atoms with van der Waals surface area (Å²) < 4.78 is 49.4. The molecule has 0 aromatic heterocycles. The Bertz CT molecular complexity index is 1050. The molecule has 1 aliphatic heterocycles. The van der Waals surface area contributed by atoms with Gasteiger partial charge in [-0.1, -0.05) is 11.6 Å². The van der Waals surface area contributed by atoms with Crippen LogP contribution in [0.1, 0.15) is 31.1 Å². The Kier molecular flexibility index (Phi) is 8.58. The first-order chi connectivity index (χ1) is 15.7. The van der Waals surface area contributed by atoms with Crippen LogP contribution in [-0.2, 0) is 19.5 Å². The zero-order valence-corrected chi connectivity index (χ0v) is 20.4. The Balaban J connectivity index is 1.60. The van der Waals surface area contributed by atoms with Crippen LogP contribution in [-0.4, -0.2) is 63.8 Å². The van der Waals surface area contributed by atoms with Gasteiger partial charge in [-0.05, 0) is 63.2 Å². The fourth-order valence-electron chi connectivity index (χ4n) is 3.47. The van der Waals surface area contributed by atoms with Crippen molar-refractivity contribution in [3.8, 4) is 11.5 Å². The summed E-state index contributed by atoms with van der Waals surface area (Å²) in [6, 6.07) is 11.2. The van der Waals surface area contributed by atoms with Gasteiger partial charge in [0.15, 0.2) is 0 Å². The van der Waals surface area contributed by atoms with E-state index in [1.807, 2.05) is 20.8 Å². The van der Waals surface area contributed by atoms with E-state index in [9.17, 15) is 13.2 Å². The highest BCUT2D eigenvalue weighted by molar-refractivity contribution is 7.89. The summed E-state index contributed by atoms with van der Waals surface area (Å²) in [6.45, 7) is 6.65. The summed E-state index contributed by atoms with van der Waals surface area (Å²) >= 11 is 6.18. The van der Waals surface area contributed by atoms with E-state index in [4.69, 9.17) is 30.5 Å². The number of carbonyl (C=O) groups is 1. The van der Waals surface area contributed by atoms with Gasteiger partial charge in [-0.2, -0.15) is 4.31 Å². The third-order valence-corrected chi connectivity index (χ3v) is 7.20. The molecule has 1 aliphatic rings. The van der Waals surface area contributed by atoms with Crippen molar-refractivity contribution in [3.63, 3.8) is 0 Å². The molecule has 180 valence electrons. The molecule has 1 saturated heterocycles. The molecule has 10 heteroatoms. The van der Waals surface area contributed by atoms with Gasteiger partial charge < -0.3 is 18.9 Å². The molecule has 1 heterocycles. The van der Waals surface area contributed by atoms with E-state index >= 15 is 0 Å². The Morgan fingerprint density at radius 1 is 1.03 bits per heavy atom. The fraction of sp³-hybridized carbons (Fsp3) is 0.435. The molecule has 33 heavy (non-hydrogen) atoms. The monoisotopic (exact) mass is 497 g/mol.